The molecular weight excluding hydrogens is 1480 g/mol. The van der Waals surface area contributed by atoms with E-state index in [1.807, 2.05) is 0 Å². The molecule has 2 aromatic carbocycles. The van der Waals surface area contributed by atoms with E-state index in [1.54, 1.807) is 136 Å². The molecule has 0 spiro atoms. The normalized spacial score (nSPS) is 11.4. The number of amides is 6. The number of nitrogens with one attached hydrogen (secondary N) is 4. The first-order chi connectivity index (χ1) is 28.2. The van der Waals surface area contributed by atoms with Crippen molar-refractivity contribution >= 4 is 182 Å². The topological polar surface area (TPSA) is 339 Å². The second kappa shape index (κ2) is 25.7. The Morgan fingerprint density at radius 1 is 0.417 bits per heavy atom. The summed E-state index contributed by atoms with van der Waals surface area (Å²) < 4.78 is 0.148. The maximum atomic E-state index is 14.1. The van der Waals surface area contributed by atoms with Gasteiger partial charge in [-0.25, -0.2) is 0 Å². The average Bonchev–Trinajstić information content (AvgIpc) is 3.21. The Morgan fingerprint density at radius 3 is 0.767 bits per heavy atom. The first-order valence-corrected chi connectivity index (χ1v) is 23.4. The number of benzene rings is 2. The molecule has 27 heteroatoms. The molecule has 60 heavy (non-hydrogen) atoms. The van der Waals surface area contributed by atoms with Gasteiger partial charge in [0.15, 0.2) is 0 Å². The molecule has 0 aliphatic rings. The number of nitrogens with zero attached hydrogens (tertiary/aromatic N) is 2. The van der Waals surface area contributed by atoms with E-state index in [2.05, 4.69) is 21.3 Å². The average molecular weight is 1520 g/mol. The molecule has 2 aromatic rings. The number of carbonyl (C=O) groups excluding carboxylic acids is 6. The standard InChI is InChI=1S/C33H40I6N6O15/c1-44(25-21(36)15(28(55)40-11(3-46)4-47)19(34)16(22(25)37)29(56)41-12(5-48)6-49)32(59)27(54)33(60)45(2)26-23(38)17(30(57)42-13(7-50)8-51)20(35)18(24(26)39)31(58)43-14(9-52)10-53/h11-14,27,46-54H,3-10H2,1-2H3,(H,40,55)(H,41,56)(H,42,57)(H,43,58). The van der Waals surface area contributed by atoms with Gasteiger partial charge in [0.05, 0.1) is 125 Å². The molecule has 0 saturated heterocycles. The van der Waals surface area contributed by atoms with E-state index in [0.717, 1.165) is 23.9 Å². The fourth-order valence-electron chi connectivity index (χ4n) is 5.01. The van der Waals surface area contributed by atoms with E-state index in [1.165, 1.54) is 0 Å². The number of hydrogen-bond donors (Lipinski definition) is 13. The number of likely N-dealkylation sites (N-methyl/N-ethyl adjacent to an activating group) is 2. The monoisotopic (exact) mass is 1520 g/mol. The minimum atomic E-state index is -2.52. The quantitative estimate of drug-likeness (QED) is 0.0487. The smallest absolute Gasteiger partial charge is 0.265 e. The molecule has 334 valence electrons. The number of carbonyl (C=O) groups is 6. The van der Waals surface area contributed by atoms with Gasteiger partial charge in [-0.15, -0.1) is 0 Å². The van der Waals surface area contributed by atoms with Crippen LogP contribution in [0.4, 0.5) is 11.4 Å². The lowest BCUT2D eigenvalue weighted by Gasteiger charge is -2.29. The van der Waals surface area contributed by atoms with E-state index in [9.17, 15) is 74.7 Å². The van der Waals surface area contributed by atoms with Crippen molar-refractivity contribution in [2.75, 3.05) is 76.8 Å². The molecule has 0 bridgehead atoms. The summed E-state index contributed by atoms with van der Waals surface area (Å²) in [6.45, 7) is -5.31. The Bertz CT molecular complexity index is 1710. The molecule has 0 aromatic heterocycles. The van der Waals surface area contributed by atoms with Crippen molar-refractivity contribution in [3.8, 4) is 0 Å². The van der Waals surface area contributed by atoms with Crippen LogP contribution in [0.3, 0.4) is 0 Å². The molecule has 0 heterocycles. The van der Waals surface area contributed by atoms with Crippen LogP contribution < -0.4 is 31.1 Å². The summed E-state index contributed by atoms with van der Waals surface area (Å²) in [5, 5.41) is 98.0. The molecule has 0 fully saturated rings. The van der Waals surface area contributed by atoms with Crippen LogP contribution in [0.15, 0.2) is 0 Å². The van der Waals surface area contributed by atoms with Crippen LogP contribution in [0.1, 0.15) is 41.4 Å². The molecule has 0 aliphatic heterocycles. The highest BCUT2D eigenvalue weighted by Crippen LogP contribution is 2.40. The minimum absolute atomic E-state index is 0.0240. The zero-order chi connectivity index (χ0) is 45.9. The van der Waals surface area contributed by atoms with Crippen molar-refractivity contribution in [3.63, 3.8) is 0 Å². The van der Waals surface area contributed by atoms with Gasteiger partial charge in [-0.1, -0.05) is 0 Å². The van der Waals surface area contributed by atoms with Crippen LogP contribution in [0.25, 0.3) is 0 Å². The molecule has 21 nitrogen and oxygen atoms in total. The van der Waals surface area contributed by atoms with Crippen molar-refractivity contribution in [1.82, 2.24) is 21.3 Å². The second-order valence-electron chi connectivity index (χ2n) is 12.4. The lowest BCUT2D eigenvalue weighted by atomic mass is 10.0. The second-order valence-corrected chi connectivity index (χ2v) is 18.9. The molecule has 0 saturated carbocycles. The lowest BCUT2D eigenvalue weighted by molar-refractivity contribution is -0.137. The van der Waals surface area contributed by atoms with Gasteiger partial charge in [0.1, 0.15) is 0 Å². The Hall–Kier alpha value is -0.720. The highest BCUT2D eigenvalue weighted by atomic mass is 127. The summed E-state index contributed by atoms with van der Waals surface area (Å²) in [4.78, 5) is 84.3. The van der Waals surface area contributed by atoms with E-state index < -0.39 is 119 Å². The largest absolute Gasteiger partial charge is 0.394 e. The molecule has 0 unspecified atom stereocenters. The van der Waals surface area contributed by atoms with Crippen LogP contribution in [0.2, 0.25) is 0 Å². The Balaban J connectivity index is 2.84. The summed E-state index contributed by atoms with van der Waals surface area (Å²) in [6.07, 6.45) is -2.52. The van der Waals surface area contributed by atoms with E-state index in [0.29, 0.717) is 0 Å². The van der Waals surface area contributed by atoms with Gasteiger partial charge in [0.25, 0.3) is 35.4 Å². The highest BCUT2D eigenvalue weighted by molar-refractivity contribution is 14.1. The Morgan fingerprint density at radius 2 is 0.600 bits per heavy atom. The van der Waals surface area contributed by atoms with Crippen LogP contribution in [0.5, 0.6) is 0 Å². The molecule has 0 aliphatic carbocycles. The SMILES string of the molecule is CN(C(=O)C(O)C(=O)N(C)c1c(I)c(C(=O)NC(CO)CO)c(I)c(C(=O)NC(CO)CO)c1I)c1c(I)c(C(=O)NC(CO)CO)c(I)c(C(=O)NC(CO)CO)c1I. The number of aliphatic hydroxyl groups is 9. The molecule has 0 radical (unpaired) electrons. The van der Waals surface area contributed by atoms with Gasteiger partial charge in [0.2, 0.25) is 6.10 Å². The van der Waals surface area contributed by atoms with Crippen LogP contribution in [0, 0.1) is 21.4 Å². The van der Waals surface area contributed by atoms with Crippen molar-refractivity contribution < 1.29 is 74.7 Å². The molecule has 13 N–H and O–H groups in total. The summed E-state index contributed by atoms with van der Waals surface area (Å²) in [5.74, 6) is -6.14. The molecule has 0 atom stereocenters. The summed E-state index contributed by atoms with van der Waals surface area (Å²) >= 11 is 10.2. The van der Waals surface area contributed by atoms with E-state index in [4.69, 9.17) is 0 Å². The fraction of sp³-hybridized carbons (Fsp3) is 0.455. The maximum Gasteiger partial charge on any atom is 0.265 e. The predicted molar refractivity (Wildman–Crippen MR) is 264 cm³/mol. The number of anilines is 2. The molecule has 2 rings (SSSR count). The third kappa shape index (κ3) is 12.8. The molecule has 6 amide bonds. The number of rotatable bonds is 20. The number of aliphatic hydroxyl groups excluding tert-OH is 9. The van der Waals surface area contributed by atoms with Gasteiger partial charge < -0.3 is 77.0 Å². The molecular formula is C33H40I6N6O15. The van der Waals surface area contributed by atoms with Gasteiger partial charge in [-0.2, -0.15) is 0 Å². The zero-order valence-electron chi connectivity index (χ0n) is 31.2. The van der Waals surface area contributed by atoms with Crippen molar-refractivity contribution in [2.24, 2.45) is 0 Å². The van der Waals surface area contributed by atoms with Crippen LogP contribution in [-0.2, 0) is 9.59 Å². The van der Waals surface area contributed by atoms with E-state index in [-0.39, 0.29) is 55.0 Å². The van der Waals surface area contributed by atoms with Gasteiger partial charge >= 0.3 is 0 Å². The predicted octanol–water partition coefficient (Wildman–Crippen LogP) is -2.37. The lowest BCUT2D eigenvalue weighted by Crippen LogP contribution is -2.48. The fourth-order valence-corrected chi connectivity index (χ4v) is 14.7. The van der Waals surface area contributed by atoms with Gasteiger partial charge in [-0.05, 0) is 136 Å². The summed E-state index contributed by atoms with van der Waals surface area (Å²) in [7, 11) is 2.29. The minimum Gasteiger partial charge on any atom is -0.394 e. The van der Waals surface area contributed by atoms with Crippen molar-refractivity contribution in [2.45, 2.75) is 30.3 Å². The first kappa shape index (κ1) is 55.4. The van der Waals surface area contributed by atoms with Gasteiger partial charge in [-0.3, -0.25) is 28.8 Å². The zero-order valence-corrected chi connectivity index (χ0v) is 44.1. The van der Waals surface area contributed by atoms with Crippen molar-refractivity contribution in [3.05, 3.63) is 43.7 Å². The van der Waals surface area contributed by atoms with E-state index >= 15 is 0 Å². The first-order valence-electron chi connectivity index (χ1n) is 16.9. The third-order valence-corrected chi connectivity index (χ3v) is 14.8. The Labute approximate surface area is 424 Å². The summed E-state index contributed by atoms with van der Waals surface area (Å²) in [5.41, 5.74) is -1.14. The Kier molecular flexibility index (Phi) is 23.7. The van der Waals surface area contributed by atoms with Crippen molar-refractivity contribution in [1.29, 1.82) is 0 Å². The highest BCUT2D eigenvalue weighted by Gasteiger charge is 2.39. The van der Waals surface area contributed by atoms with Gasteiger partial charge in [0, 0.05) is 21.2 Å². The maximum absolute atomic E-state index is 14.1. The van der Waals surface area contributed by atoms with Crippen LogP contribution in [-0.4, -0.2) is 179 Å². The van der Waals surface area contributed by atoms with Crippen LogP contribution >= 0.6 is 136 Å². The summed E-state index contributed by atoms with van der Waals surface area (Å²) in [6, 6.07) is -4.53. The number of hydrogen-bond acceptors (Lipinski definition) is 15. The third-order valence-electron chi connectivity index (χ3n) is 8.40. The number of halogens is 6.